The summed E-state index contributed by atoms with van der Waals surface area (Å²) in [5.41, 5.74) is 2.36. The molecule has 0 bridgehead atoms. The van der Waals surface area contributed by atoms with Gasteiger partial charge >= 0.3 is 0 Å². The van der Waals surface area contributed by atoms with Gasteiger partial charge in [0.1, 0.15) is 5.82 Å². The van der Waals surface area contributed by atoms with Crippen molar-refractivity contribution in [3.63, 3.8) is 0 Å². The van der Waals surface area contributed by atoms with E-state index in [1.54, 1.807) is 0 Å². The Balaban J connectivity index is 2.21. The summed E-state index contributed by atoms with van der Waals surface area (Å²) in [5.74, 6) is 1.07. The molecule has 1 aromatic rings. The van der Waals surface area contributed by atoms with Gasteiger partial charge in [0.25, 0.3) is 0 Å². The van der Waals surface area contributed by atoms with Crippen LogP contribution in [0.3, 0.4) is 0 Å². The summed E-state index contributed by atoms with van der Waals surface area (Å²) in [6, 6.07) is 4.31. The smallest absolute Gasteiger partial charge is 0.129 e. The Morgan fingerprint density at radius 2 is 2.00 bits per heavy atom. The third-order valence-corrected chi connectivity index (χ3v) is 3.12. The maximum atomic E-state index is 5.76. The molecule has 100 valence electrons. The van der Waals surface area contributed by atoms with Crippen LogP contribution in [-0.4, -0.2) is 37.3 Å². The minimum Gasteiger partial charge on any atom is -0.372 e. The Kier molecular flexibility index (Phi) is 4.19. The lowest BCUT2D eigenvalue weighted by Crippen LogP contribution is -2.45. The molecule has 0 amide bonds. The highest BCUT2D eigenvalue weighted by Gasteiger charge is 2.23. The maximum absolute atomic E-state index is 5.76. The highest BCUT2D eigenvalue weighted by Crippen LogP contribution is 2.20. The number of ether oxygens (including phenoxy) is 1. The van der Waals surface area contributed by atoms with Crippen LogP contribution in [0, 0.1) is 6.92 Å². The fourth-order valence-electron chi connectivity index (χ4n) is 2.55. The second-order valence-electron chi connectivity index (χ2n) is 5.17. The van der Waals surface area contributed by atoms with Crippen LogP contribution in [0.5, 0.6) is 0 Å². The molecule has 0 aliphatic carbocycles. The van der Waals surface area contributed by atoms with E-state index in [2.05, 4.69) is 48.1 Å². The number of pyridine rings is 1. The highest BCUT2D eigenvalue weighted by molar-refractivity contribution is 5.43. The van der Waals surface area contributed by atoms with Gasteiger partial charge < -0.3 is 15.0 Å². The van der Waals surface area contributed by atoms with Crippen LogP contribution in [-0.2, 0) is 11.3 Å². The van der Waals surface area contributed by atoms with Gasteiger partial charge in [0, 0.05) is 25.3 Å². The van der Waals surface area contributed by atoms with Crippen LogP contribution in [0.1, 0.15) is 25.1 Å². The minimum absolute atomic E-state index is 0.267. The summed E-state index contributed by atoms with van der Waals surface area (Å²) in [5, 5.41) is 3.19. The molecule has 4 heteroatoms. The van der Waals surface area contributed by atoms with Crippen molar-refractivity contribution in [2.24, 2.45) is 0 Å². The molecule has 1 N–H and O–H groups in total. The van der Waals surface area contributed by atoms with Crippen LogP contribution in [0.2, 0.25) is 0 Å². The fraction of sp³-hybridized carbons (Fsp3) is 0.643. The van der Waals surface area contributed by atoms with E-state index in [0.717, 1.165) is 31.1 Å². The standard InChI is InChI=1S/C14H23N3O/c1-10-5-13(7-15-4)6-14(16-10)17-8-11(2)18-12(3)9-17/h5-6,11-12,15H,7-9H2,1-4H3. The highest BCUT2D eigenvalue weighted by atomic mass is 16.5. The molecule has 2 rings (SSSR count). The van der Waals surface area contributed by atoms with E-state index in [-0.39, 0.29) is 12.2 Å². The first-order chi connectivity index (χ1) is 8.58. The number of rotatable bonds is 3. The summed E-state index contributed by atoms with van der Waals surface area (Å²) in [4.78, 5) is 6.98. The molecule has 1 saturated heterocycles. The van der Waals surface area contributed by atoms with Crippen molar-refractivity contribution < 1.29 is 4.74 Å². The zero-order valence-electron chi connectivity index (χ0n) is 11.7. The fourth-order valence-corrected chi connectivity index (χ4v) is 2.55. The Hall–Kier alpha value is -1.13. The molecular weight excluding hydrogens is 226 g/mol. The zero-order chi connectivity index (χ0) is 13.1. The van der Waals surface area contributed by atoms with Crippen molar-refractivity contribution in [2.45, 2.75) is 39.5 Å². The van der Waals surface area contributed by atoms with E-state index in [4.69, 9.17) is 4.74 Å². The molecule has 0 radical (unpaired) electrons. The molecule has 0 aromatic carbocycles. The number of hydrogen-bond donors (Lipinski definition) is 1. The Morgan fingerprint density at radius 3 is 2.61 bits per heavy atom. The van der Waals surface area contributed by atoms with Crippen LogP contribution in [0.25, 0.3) is 0 Å². The van der Waals surface area contributed by atoms with Gasteiger partial charge in [-0.15, -0.1) is 0 Å². The lowest BCUT2D eigenvalue weighted by molar-refractivity contribution is -0.00547. The van der Waals surface area contributed by atoms with Crippen molar-refractivity contribution in [1.29, 1.82) is 0 Å². The molecule has 2 unspecified atom stereocenters. The van der Waals surface area contributed by atoms with Gasteiger partial charge in [-0.25, -0.2) is 4.98 Å². The van der Waals surface area contributed by atoms with Gasteiger partial charge in [0.05, 0.1) is 12.2 Å². The summed E-state index contributed by atoms with van der Waals surface area (Å²) in [6.07, 6.45) is 0.535. The van der Waals surface area contributed by atoms with E-state index in [1.807, 2.05) is 7.05 Å². The maximum Gasteiger partial charge on any atom is 0.129 e. The molecule has 4 nitrogen and oxygen atoms in total. The van der Waals surface area contributed by atoms with Crippen LogP contribution in [0.4, 0.5) is 5.82 Å². The van der Waals surface area contributed by atoms with Gasteiger partial charge in [0.15, 0.2) is 0 Å². The number of nitrogens with zero attached hydrogens (tertiary/aromatic N) is 2. The number of aryl methyl sites for hydroxylation is 1. The van der Waals surface area contributed by atoms with E-state index in [1.165, 1.54) is 5.56 Å². The molecule has 1 fully saturated rings. The zero-order valence-corrected chi connectivity index (χ0v) is 11.7. The van der Waals surface area contributed by atoms with Crippen LogP contribution < -0.4 is 10.2 Å². The lowest BCUT2D eigenvalue weighted by Gasteiger charge is -2.36. The van der Waals surface area contributed by atoms with Crippen LogP contribution in [0.15, 0.2) is 12.1 Å². The largest absolute Gasteiger partial charge is 0.372 e. The molecule has 2 atom stereocenters. The number of aromatic nitrogens is 1. The molecule has 1 aliphatic heterocycles. The second-order valence-corrected chi connectivity index (χ2v) is 5.17. The monoisotopic (exact) mass is 249 g/mol. The first-order valence-corrected chi connectivity index (χ1v) is 6.61. The predicted molar refractivity (Wildman–Crippen MR) is 74.0 cm³/mol. The van der Waals surface area contributed by atoms with E-state index < -0.39 is 0 Å². The Labute approximate surface area is 109 Å². The number of hydrogen-bond acceptors (Lipinski definition) is 4. The van der Waals surface area contributed by atoms with Crippen molar-refractivity contribution >= 4 is 5.82 Å². The summed E-state index contributed by atoms with van der Waals surface area (Å²) < 4.78 is 5.76. The third-order valence-electron chi connectivity index (χ3n) is 3.12. The second kappa shape index (κ2) is 5.67. The first-order valence-electron chi connectivity index (χ1n) is 6.61. The number of anilines is 1. The predicted octanol–water partition coefficient (Wildman–Crippen LogP) is 1.72. The van der Waals surface area contributed by atoms with Crippen molar-refractivity contribution in [3.8, 4) is 0 Å². The minimum atomic E-state index is 0.267. The summed E-state index contributed by atoms with van der Waals surface area (Å²) in [7, 11) is 1.97. The molecule has 18 heavy (non-hydrogen) atoms. The number of morpholine rings is 1. The molecule has 2 heterocycles. The quantitative estimate of drug-likeness (QED) is 0.885. The van der Waals surface area contributed by atoms with Gasteiger partial charge in [-0.05, 0) is 45.5 Å². The molecule has 1 aliphatic rings. The topological polar surface area (TPSA) is 37.4 Å². The molecule has 1 aromatic heterocycles. The van der Waals surface area contributed by atoms with Crippen molar-refractivity contribution in [2.75, 3.05) is 25.0 Å². The van der Waals surface area contributed by atoms with Gasteiger partial charge in [-0.1, -0.05) is 0 Å². The van der Waals surface area contributed by atoms with Crippen LogP contribution >= 0.6 is 0 Å². The third kappa shape index (κ3) is 3.21. The average Bonchev–Trinajstić information content (AvgIpc) is 2.27. The van der Waals surface area contributed by atoms with Gasteiger partial charge in [-0.3, -0.25) is 0 Å². The summed E-state index contributed by atoms with van der Waals surface area (Å²) in [6.45, 7) is 9.00. The van der Waals surface area contributed by atoms with Crippen molar-refractivity contribution in [1.82, 2.24) is 10.3 Å². The molecule has 0 spiro atoms. The van der Waals surface area contributed by atoms with Gasteiger partial charge in [0.2, 0.25) is 0 Å². The van der Waals surface area contributed by atoms with Gasteiger partial charge in [-0.2, -0.15) is 0 Å². The van der Waals surface area contributed by atoms with E-state index >= 15 is 0 Å². The Bertz CT molecular complexity index is 398. The van der Waals surface area contributed by atoms with E-state index in [0.29, 0.717) is 0 Å². The summed E-state index contributed by atoms with van der Waals surface area (Å²) >= 11 is 0. The lowest BCUT2D eigenvalue weighted by atomic mass is 10.2. The SMILES string of the molecule is CNCc1cc(C)nc(N2CC(C)OC(C)C2)c1. The Morgan fingerprint density at radius 1 is 1.33 bits per heavy atom. The number of nitrogens with one attached hydrogen (secondary N) is 1. The normalized spacial score (nSPS) is 24.3. The van der Waals surface area contributed by atoms with Crippen molar-refractivity contribution in [3.05, 3.63) is 23.4 Å². The molecule has 0 saturated carbocycles. The average molecular weight is 249 g/mol. The first kappa shape index (κ1) is 13.3. The van der Waals surface area contributed by atoms with E-state index in [9.17, 15) is 0 Å². The molecular formula is C14H23N3O.